The van der Waals surface area contributed by atoms with E-state index in [1.165, 1.54) is 6.33 Å². The van der Waals surface area contributed by atoms with Crippen LogP contribution in [0, 0.1) is 49.4 Å². The van der Waals surface area contributed by atoms with Gasteiger partial charge in [-0.05, 0) is 245 Å². The number of anilines is 4. The molecule has 0 bridgehead atoms. The summed E-state index contributed by atoms with van der Waals surface area (Å²) in [4.78, 5) is 55.2. The number of nitrogens with zero attached hydrogens (tertiary/aromatic N) is 17. The topological polar surface area (TPSA) is 477 Å². The van der Waals surface area contributed by atoms with Crippen LogP contribution in [0.1, 0.15) is 145 Å². The molecule has 12 aromatic heterocycles. The molecule has 133 heavy (non-hydrogen) atoms. The van der Waals surface area contributed by atoms with E-state index in [2.05, 4.69) is 189 Å². The second kappa shape index (κ2) is 34.2. The number of fused-ring (bicyclic) bond motifs is 8. The Morgan fingerprint density at radius 1 is 0.353 bits per heavy atom. The molecule has 8 fully saturated rings. The van der Waals surface area contributed by atoms with Gasteiger partial charge in [0.1, 0.15) is 95.6 Å². The van der Waals surface area contributed by atoms with Crippen molar-refractivity contribution < 1.29 is 45.6 Å². The molecule has 0 amide bonds. The molecule has 18 N–H and O–H groups in total. The number of nitrogens with two attached hydrogens (primary N) is 4. The van der Waals surface area contributed by atoms with Crippen molar-refractivity contribution in [3.8, 4) is 0 Å². The number of aromatic nitrogens is 16. The van der Waals surface area contributed by atoms with Gasteiger partial charge in [-0.25, -0.2) is 59.8 Å². The third kappa shape index (κ3) is 15.4. The monoisotopic (exact) mass is 2050 g/mol. The van der Waals surface area contributed by atoms with Gasteiger partial charge in [-0.3, -0.25) is 4.90 Å². The Morgan fingerprint density at radius 2 is 0.654 bits per heavy atom. The van der Waals surface area contributed by atoms with Crippen molar-refractivity contribution in [3.05, 3.63) is 234 Å². The molecule has 4 aliphatic carbocycles. The average Bonchev–Trinajstić information content (AvgIpc) is 1.47. The first kappa shape index (κ1) is 89.2. The molecule has 4 aliphatic heterocycles. The van der Waals surface area contributed by atoms with Crippen molar-refractivity contribution in [1.29, 1.82) is 0 Å². The third-order valence-electron chi connectivity index (χ3n) is 30.4. The summed E-state index contributed by atoms with van der Waals surface area (Å²) in [6.07, 6.45) is 12.3. The Bertz CT molecular complexity index is 6790. The summed E-state index contributed by atoms with van der Waals surface area (Å²) in [7, 11) is 2.08. The van der Waals surface area contributed by atoms with Crippen LogP contribution in [0.4, 0.5) is 23.3 Å². The molecule has 32 nitrogen and oxygen atoms in total. The number of rotatable bonds is 8. The SMILES string of the molecule is Cc1ncnc2c1ccn2[C@@H]1C[C@@]2(CN[C@@H](c3ccc4cc(Br)c(N)nc4c3)C2)[C@@H](O)[C@H]1O.Cc1ncnc2c1ccn2[C@@H]1C[C@@]2(CN[C@H](c3ccc4cc(Br)c(N)nc4c3)C2)[C@@H](O)[C@H]1O.Cc1ncnc2c1ccn2[C@@H]1C[C@@]2(CO[C@@H](c3ccc4cc(Br)c(N)nc4c3)C2)[C@@H](O)[C@H]1O.Cc1ncnc2c1ccn2[C@@H]1C[C@]2(C[C@H](c3ccc4cc(Br)c(N)nc4c3)N(C)C2)[C@@H](O)[C@H]1O. The van der Waals surface area contributed by atoms with Crippen molar-refractivity contribution in [2.75, 3.05) is 56.2 Å². The minimum Gasteiger partial charge on any atom is -0.390 e. The van der Waals surface area contributed by atoms with Crippen LogP contribution >= 0.6 is 63.7 Å². The average molecular weight is 2050 g/mol. The zero-order chi connectivity index (χ0) is 92.5. The van der Waals surface area contributed by atoms with Crippen molar-refractivity contribution in [2.24, 2.45) is 21.7 Å². The van der Waals surface area contributed by atoms with Gasteiger partial charge in [0.2, 0.25) is 0 Å². The maximum Gasteiger partial charge on any atom is 0.143 e. The predicted octanol–water partition coefficient (Wildman–Crippen LogP) is 12.9. The first-order valence-electron chi connectivity index (χ1n) is 44.6. The van der Waals surface area contributed by atoms with Crippen LogP contribution in [-0.4, -0.2) is 206 Å². The molecule has 4 aromatic carbocycles. The van der Waals surface area contributed by atoms with Crippen LogP contribution in [-0.2, 0) is 4.74 Å². The van der Waals surface area contributed by atoms with E-state index in [9.17, 15) is 40.9 Å². The van der Waals surface area contributed by atoms with Crippen LogP contribution in [0.15, 0.2) is 189 Å². The highest BCUT2D eigenvalue weighted by Gasteiger charge is 2.61. The molecule has 8 aliphatic rings. The van der Waals surface area contributed by atoms with Gasteiger partial charge in [0, 0.05) is 127 Å². The van der Waals surface area contributed by atoms with Crippen LogP contribution in [0.5, 0.6) is 0 Å². The maximum atomic E-state index is 11.3. The molecular weight excluding hydrogens is 1950 g/mol. The minimum atomic E-state index is -0.909. The van der Waals surface area contributed by atoms with Gasteiger partial charge in [-0.15, -0.1) is 0 Å². The van der Waals surface area contributed by atoms with Gasteiger partial charge in [-0.2, -0.15) is 0 Å². The summed E-state index contributed by atoms with van der Waals surface area (Å²) in [6.45, 7) is 10.1. The molecule has 20 atom stereocenters. The quantitative estimate of drug-likeness (QED) is 0.0672. The number of aliphatic hydroxyl groups excluding tert-OH is 8. The highest BCUT2D eigenvalue weighted by Crippen LogP contribution is 2.60. The standard InChI is InChI=1S/C25H27BrN6O2.2C24H25BrN6O2.C24H24BrN5O3/c1-13-16-5-6-32(24(16)29-12-28-13)20-10-25(22(34)21(20)33)9-19(31(2)11-25)15-4-3-14-7-17(26)23(27)30-18(14)8-15;2*1-12-15-4-5-31(23(15)29-11-28-12)19-9-24(21(33)20(19)32)8-18(27-10-24)14-3-2-13-6-16(25)22(26)30-17(13)7-14;1-12-15-4-5-30(23(15)28-11-27-12)18-8-24(21(32)20(18)31)9-19(33-10-24)14-3-2-13-6-16(25)22(26)29-17(13)7-14/h3-8,12,19-22,33-34H,9-11H2,1-2H3,(H2,27,30);2*2-7,11,18-21,27,32-33H,8-10H2,1H3,(H2,26,30);2-7,11,18-21,31-32H,8-10H2,1H3,(H2,26,29)/t19-,20-,21+,22+,25+;18-,19+,20-,21-,24-;18-,19-,20+,21+,24+;18-,19-,20+,21+,24-/m1011/s1. The normalized spacial score (nSPS) is 29.6. The second-order valence-electron chi connectivity index (χ2n) is 38.1. The first-order chi connectivity index (χ1) is 63.8. The number of halogens is 4. The summed E-state index contributed by atoms with van der Waals surface area (Å²) >= 11 is 13.7. The number of hydrogen-bond donors (Lipinski definition) is 14. The number of pyridine rings is 4. The molecule has 36 heteroatoms. The Morgan fingerprint density at radius 3 is 1.02 bits per heavy atom. The van der Waals surface area contributed by atoms with Crippen LogP contribution in [0.2, 0.25) is 0 Å². The molecular formula is C97H101Br4N23O9. The lowest BCUT2D eigenvalue weighted by atomic mass is 9.80. The molecule has 16 heterocycles. The minimum absolute atomic E-state index is 0.0626. The number of benzene rings is 4. The Labute approximate surface area is 796 Å². The number of aliphatic hydroxyl groups is 8. The number of nitrogen functional groups attached to an aromatic ring is 4. The van der Waals surface area contributed by atoms with E-state index in [1.54, 1.807) is 19.0 Å². The fraction of sp³-hybridized carbons (Fsp3) is 0.381. The van der Waals surface area contributed by atoms with E-state index in [-0.39, 0.29) is 48.4 Å². The Kier molecular flexibility index (Phi) is 22.9. The number of nitrogens with one attached hydrogen (secondary N) is 2. The van der Waals surface area contributed by atoms with Gasteiger partial charge < -0.3 is 97.4 Å². The summed E-state index contributed by atoms with van der Waals surface area (Å²) in [5.74, 6) is 1.84. The van der Waals surface area contributed by atoms with Crippen molar-refractivity contribution in [2.45, 2.75) is 176 Å². The van der Waals surface area contributed by atoms with Crippen molar-refractivity contribution in [1.82, 2.24) is 93.6 Å². The molecule has 0 radical (unpaired) electrons. The highest BCUT2D eigenvalue weighted by atomic mass is 79.9. The number of ether oxygens (including phenoxy) is 1. The van der Waals surface area contributed by atoms with Gasteiger partial charge in [0.25, 0.3) is 0 Å². The summed E-state index contributed by atoms with van der Waals surface area (Å²) in [5, 5.41) is 104. The van der Waals surface area contributed by atoms with E-state index in [0.29, 0.717) is 81.6 Å². The van der Waals surface area contributed by atoms with Crippen LogP contribution in [0.25, 0.3) is 87.7 Å². The number of aryl methyl sites for hydroxylation is 4. The van der Waals surface area contributed by atoms with E-state index in [4.69, 9.17) is 27.7 Å². The van der Waals surface area contributed by atoms with E-state index < -0.39 is 70.5 Å². The van der Waals surface area contributed by atoms with E-state index in [0.717, 1.165) is 170 Å². The lowest BCUT2D eigenvalue weighted by Gasteiger charge is -2.27. The number of hydrogen-bond acceptors (Lipinski definition) is 28. The lowest BCUT2D eigenvalue weighted by molar-refractivity contribution is -0.0309. The van der Waals surface area contributed by atoms with Crippen molar-refractivity contribution in [3.63, 3.8) is 0 Å². The fourth-order valence-corrected chi connectivity index (χ4v) is 24.6. The molecule has 686 valence electrons. The fourth-order valence-electron chi connectivity index (χ4n) is 23.2. The van der Waals surface area contributed by atoms with Gasteiger partial charge in [-0.1, -0.05) is 48.5 Å². The summed E-state index contributed by atoms with van der Waals surface area (Å²) < 4.78 is 17.3. The predicted molar refractivity (Wildman–Crippen MR) is 521 cm³/mol. The highest BCUT2D eigenvalue weighted by molar-refractivity contribution is 9.11. The molecule has 0 unspecified atom stereocenters. The Hall–Kier alpha value is -10.4. The van der Waals surface area contributed by atoms with Crippen LogP contribution in [0.3, 0.4) is 0 Å². The zero-order valence-electron chi connectivity index (χ0n) is 73.3. The summed E-state index contributed by atoms with van der Waals surface area (Å²) in [5.41, 5.74) is 36.6. The molecule has 4 saturated carbocycles. The molecule has 4 saturated heterocycles. The molecule has 24 rings (SSSR count). The van der Waals surface area contributed by atoms with E-state index >= 15 is 0 Å². The molecule has 4 spiro atoms. The maximum absolute atomic E-state index is 11.3. The van der Waals surface area contributed by atoms with Gasteiger partial charge >= 0.3 is 0 Å². The van der Waals surface area contributed by atoms with E-state index in [1.807, 2.05) is 150 Å². The summed E-state index contributed by atoms with van der Waals surface area (Å²) in [6, 6.07) is 39.7. The van der Waals surface area contributed by atoms with Crippen LogP contribution < -0.4 is 33.6 Å². The lowest BCUT2D eigenvalue weighted by Crippen LogP contribution is -2.38. The second-order valence-corrected chi connectivity index (χ2v) is 41.5. The Balaban J connectivity index is 0.000000107. The number of likely N-dealkylation sites (tertiary alicyclic amines) is 1. The first-order valence-corrected chi connectivity index (χ1v) is 47.8. The zero-order valence-corrected chi connectivity index (χ0v) is 79.6. The van der Waals surface area contributed by atoms with Crippen molar-refractivity contribution >= 4 is 175 Å². The largest absolute Gasteiger partial charge is 0.390 e. The van der Waals surface area contributed by atoms with Gasteiger partial charge in [0.15, 0.2) is 0 Å². The third-order valence-corrected chi connectivity index (χ3v) is 33.0. The molecule has 16 aromatic rings. The smallest absolute Gasteiger partial charge is 0.143 e. The van der Waals surface area contributed by atoms with Gasteiger partial charge in [0.05, 0.1) is 124 Å².